The van der Waals surface area contributed by atoms with Crippen LogP contribution in [0.15, 0.2) is 55.0 Å². The summed E-state index contributed by atoms with van der Waals surface area (Å²) in [5.74, 6) is 1.62. The molecule has 0 unspecified atom stereocenters. The van der Waals surface area contributed by atoms with Crippen molar-refractivity contribution in [1.82, 2.24) is 29.7 Å². The Bertz CT molecular complexity index is 1570. The van der Waals surface area contributed by atoms with Gasteiger partial charge in [0.2, 0.25) is 0 Å². The molecule has 0 bridgehead atoms. The number of hydrogen-bond donors (Lipinski definition) is 2. The number of hydrogen-bond acceptors (Lipinski definition) is 7. The monoisotopic (exact) mass is 481 g/mol. The van der Waals surface area contributed by atoms with Gasteiger partial charge >= 0.3 is 0 Å². The number of pyridine rings is 1. The smallest absolute Gasteiger partial charge is 0.162 e. The summed E-state index contributed by atoms with van der Waals surface area (Å²) in [6, 6.07) is 12.1. The standard InChI is InChI=1S/C27H27N7O2/c1-16-15-36-10-9-33(16)25-12-24(30-27(31-25)22-5-4-6-23-21(22)7-8-29-23)26-17(2)32-34(18(26)3)19-11-20(35)14-28-13-19/h4-8,11-14,16,29,35H,9-10,15H2,1-3H3/t16-/m1/s1. The molecule has 0 saturated carbocycles. The highest BCUT2D eigenvalue weighted by Crippen LogP contribution is 2.34. The van der Waals surface area contributed by atoms with Gasteiger partial charge in [-0.25, -0.2) is 14.6 Å². The van der Waals surface area contributed by atoms with Crippen LogP contribution in [0.25, 0.3) is 39.2 Å². The number of aromatic hydroxyl groups is 1. The molecule has 5 aromatic rings. The van der Waals surface area contributed by atoms with Crippen LogP contribution in [0.4, 0.5) is 5.82 Å². The number of morpholine rings is 1. The van der Waals surface area contributed by atoms with Gasteiger partial charge in [-0.05, 0) is 32.9 Å². The summed E-state index contributed by atoms with van der Waals surface area (Å²) in [6.07, 6.45) is 5.02. The maximum Gasteiger partial charge on any atom is 0.162 e. The molecule has 1 aliphatic rings. The number of nitrogens with one attached hydrogen (secondary N) is 1. The molecule has 1 aromatic carbocycles. The average molecular weight is 482 g/mol. The lowest BCUT2D eigenvalue weighted by Crippen LogP contribution is -2.44. The van der Waals surface area contributed by atoms with Crippen molar-refractivity contribution in [2.45, 2.75) is 26.8 Å². The lowest BCUT2D eigenvalue weighted by Gasteiger charge is -2.34. The molecule has 5 heterocycles. The molecular formula is C27H27N7O2. The molecule has 0 amide bonds. The largest absolute Gasteiger partial charge is 0.506 e. The van der Waals surface area contributed by atoms with Crippen LogP contribution in [0.5, 0.6) is 5.75 Å². The quantitative estimate of drug-likeness (QED) is 0.391. The predicted octanol–water partition coefficient (Wildman–Crippen LogP) is 4.42. The number of anilines is 1. The topological polar surface area (TPSA) is 105 Å². The number of aromatic amines is 1. The number of rotatable bonds is 4. The molecule has 9 heteroatoms. The van der Waals surface area contributed by atoms with E-state index in [-0.39, 0.29) is 11.8 Å². The van der Waals surface area contributed by atoms with Crippen molar-refractivity contribution in [3.63, 3.8) is 0 Å². The van der Waals surface area contributed by atoms with Gasteiger partial charge in [-0.1, -0.05) is 12.1 Å². The van der Waals surface area contributed by atoms with Crippen LogP contribution >= 0.6 is 0 Å². The molecule has 182 valence electrons. The highest BCUT2D eigenvalue weighted by molar-refractivity contribution is 5.93. The molecule has 2 N–H and O–H groups in total. The SMILES string of the molecule is Cc1nn(-c2cncc(O)c2)c(C)c1-c1cc(N2CCOC[C@H]2C)nc(-c2cccc3[nH]ccc23)n1. The van der Waals surface area contributed by atoms with E-state index in [1.54, 1.807) is 16.9 Å². The third-order valence-electron chi connectivity index (χ3n) is 6.71. The molecule has 6 rings (SSSR count). The van der Waals surface area contributed by atoms with Crippen LogP contribution in [-0.4, -0.2) is 60.6 Å². The lowest BCUT2D eigenvalue weighted by atomic mass is 10.1. The summed E-state index contributed by atoms with van der Waals surface area (Å²) in [6.45, 7) is 8.20. The van der Waals surface area contributed by atoms with E-state index in [4.69, 9.17) is 19.8 Å². The second-order valence-corrected chi connectivity index (χ2v) is 9.16. The molecule has 1 saturated heterocycles. The van der Waals surface area contributed by atoms with Gasteiger partial charge in [0.1, 0.15) is 11.6 Å². The summed E-state index contributed by atoms with van der Waals surface area (Å²) in [7, 11) is 0. The van der Waals surface area contributed by atoms with Gasteiger partial charge in [-0.3, -0.25) is 4.98 Å². The van der Waals surface area contributed by atoms with E-state index in [0.29, 0.717) is 24.7 Å². The fourth-order valence-electron chi connectivity index (χ4n) is 4.97. The van der Waals surface area contributed by atoms with Crippen molar-refractivity contribution < 1.29 is 9.84 Å². The zero-order valence-corrected chi connectivity index (χ0v) is 20.4. The summed E-state index contributed by atoms with van der Waals surface area (Å²) in [4.78, 5) is 19.8. The third kappa shape index (κ3) is 3.77. The summed E-state index contributed by atoms with van der Waals surface area (Å²) >= 11 is 0. The highest BCUT2D eigenvalue weighted by Gasteiger charge is 2.24. The number of aromatic nitrogens is 6. The normalized spacial score (nSPS) is 16.1. The van der Waals surface area contributed by atoms with Crippen LogP contribution < -0.4 is 4.90 Å². The Morgan fingerprint density at radius 3 is 2.83 bits per heavy atom. The van der Waals surface area contributed by atoms with Gasteiger partial charge in [0.05, 0.1) is 54.4 Å². The van der Waals surface area contributed by atoms with E-state index in [1.807, 2.05) is 32.2 Å². The Hall–Kier alpha value is -4.24. The Kier molecular flexibility index (Phi) is 5.41. The number of benzene rings is 1. The Labute approximate surface area is 208 Å². The van der Waals surface area contributed by atoms with E-state index < -0.39 is 0 Å². The van der Waals surface area contributed by atoms with E-state index in [1.165, 1.54) is 6.20 Å². The first-order valence-corrected chi connectivity index (χ1v) is 12.0. The van der Waals surface area contributed by atoms with Gasteiger partial charge < -0.3 is 19.7 Å². The summed E-state index contributed by atoms with van der Waals surface area (Å²) in [5, 5.41) is 15.8. The first kappa shape index (κ1) is 22.2. The minimum Gasteiger partial charge on any atom is -0.506 e. The van der Waals surface area contributed by atoms with Crippen molar-refractivity contribution in [3.8, 4) is 34.1 Å². The number of ether oxygens (including phenoxy) is 1. The van der Waals surface area contributed by atoms with Crippen molar-refractivity contribution in [2.24, 2.45) is 0 Å². The van der Waals surface area contributed by atoms with E-state index in [0.717, 1.165) is 51.5 Å². The van der Waals surface area contributed by atoms with Crippen molar-refractivity contribution >= 4 is 16.7 Å². The zero-order valence-electron chi connectivity index (χ0n) is 20.4. The molecule has 36 heavy (non-hydrogen) atoms. The van der Waals surface area contributed by atoms with Gasteiger partial charge in [-0.15, -0.1) is 0 Å². The Morgan fingerprint density at radius 2 is 2.00 bits per heavy atom. The number of aryl methyl sites for hydroxylation is 1. The Balaban J connectivity index is 1.56. The molecule has 0 aliphatic carbocycles. The molecule has 0 radical (unpaired) electrons. The molecule has 1 atom stereocenters. The van der Waals surface area contributed by atoms with Crippen molar-refractivity contribution in [3.05, 3.63) is 66.4 Å². The van der Waals surface area contributed by atoms with E-state index in [9.17, 15) is 5.11 Å². The second-order valence-electron chi connectivity index (χ2n) is 9.16. The molecule has 4 aromatic heterocycles. The van der Waals surface area contributed by atoms with Gasteiger partial charge in [-0.2, -0.15) is 5.10 Å². The number of H-pyrrole nitrogens is 1. The molecule has 0 spiro atoms. The van der Waals surface area contributed by atoms with Gasteiger partial charge in [0, 0.05) is 46.9 Å². The van der Waals surface area contributed by atoms with E-state index in [2.05, 4.69) is 40.0 Å². The summed E-state index contributed by atoms with van der Waals surface area (Å²) in [5.41, 5.74) is 6.18. The molecule has 1 aliphatic heterocycles. The zero-order chi connectivity index (χ0) is 24.8. The minimum atomic E-state index is 0.0918. The van der Waals surface area contributed by atoms with Crippen LogP contribution in [0, 0.1) is 13.8 Å². The first-order chi connectivity index (χ1) is 17.5. The van der Waals surface area contributed by atoms with Crippen molar-refractivity contribution in [2.75, 3.05) is 24.7 Å². The number of nitrogens with zero attached hydrogens (tertiary/aromatic N) is 6. The second kappa shape index (κ2) is 8.76. The predicted molar refractivity (Wildman–Crippen MR) is 138 cm³/mol. The lowest BCUT2D eigenvalue weighted by molar-refractivity contribution is 0.0985. The third-order valence-corrected chi connectivity index (χ3v) is 6.71. The van der Waals surface area contributed by atoms with E-state index >= 15 is 0 Å². The summed E-state index contributed by atoms with van der Waals surface area (Å²) < 4.78 is 7.48. The Morgan fingerprint density at radius 1 is 1.11 bits per heavy atom. The fourth-order valence-corrected chi connectivity index (χ4v) is 4.97. The van der Waals surface area contributed by atoms with Crippen molar-refractivity contribution in [1.29, 1.82) is 0 Å². The van der Waals surface area contributed by atoms with Crippen LogP contribution in [0.1, 0.15) is 18.3 Å². The van der Waals surface area contributed by atoms with Crippen LogP contribution in [-0.2, 0) is 4.74 Å². The average Bonchev–Trinajstić information content (AvgIpc) is 3.48. The van der Waals surface area contributed by atoms with Crippen LogP contribution in [0.3, 0.4) is 0 Å². The first-order valence-electron chi connectivity index (χ1n) is 12.0. The van der Waals surface area contributed by atoms with Gasteiger partial charge in [0.15, 0.2) is 5.82 Å². The minimum absolute atomic E-state index is 0.0918. The number of fused-ring (bicyclic) bond motifs is 1. The molecule has 9 nitrogen and oxygen atoms in total. The molecule has 1 fully saturated rings. The maximum atomic E-state index is 9.95. The molecular weight excluding hydrogens is 454 g/mol. The highest BCUT2D eigenvalue weighted by atomic mass is 16.5. The maximum absolute atomic E-state index is 9.95. The fraction of sp³-hybridized carbons (Fsp3) is 0.259. The van der Waals surface area contributed by atoms with Crippen LogP contribution in [0.2, 0.25) is 0 Å². The van der Waals surface area contributed by atoms with Gasteiger partial charge in [0.25, 0.3) is 0 Å².